The van der Waals surface area contributed by atoms with E-state index in [1.54, 1.807) is 18.2 Å². The standard InChI is InChI=1S/C22H17ClN6O3/c1-24-21(30)17-12-15(9-10-18(17)23)25-22(31)19(13-16-8-5-11-32-16)29-20(26-27-28-29)14-6-3-2-4-7-14/h2-13H,1H3,(H,24,30)(H,25,31)/b19-13-. The van der Waals surface area contributed by atoms with Gasteiger partial charge in [0.2, 0.25) is 0 Å². The lowest BCUT2D eigenvalue weighted by atomic mass is 10.1. The number of carbonyl (C=O) groups is 2. The Kier molecular flexibility index (Phi) is 6.09. The van der Waals surface area contributed by atoms with Gasteiger partial charge in [-0.25, -0.2) is 0 Å². The van der Waals surface area contributed by atoms with Gasteiger partial charge in [0, 0.05) is 24.4 Å². The fourth-order valence-corrected chi connectivity index (χ4v) is 3.16. The Morgan fingerprint density at radius 2 is 1.91 bits per heavy atom. The smallest absolute Gasteiger partial charge is 0.274 e. The van der Waals surface area contributed by atoms with E-state index in [2.05, 4.69) is 26.2 Å². The molecule has 0 aliphatic heterocycles. The van der Waals surface area contributed by atoms with Gasteiger partial charge in [0.05, 0.1) is 16.8 Å². The van der Waals surface area contributed by atoms with Crippen LogP contribution in [0, 0.1) is 0 Å². The molecule has 4 aromatic rings. The second kappa shape index (κ2) is 9.27. The average molecular weight is 449 g/mol. The first-order valence-corrected chi connectivity index (χ1v) is 9.87. The summed E-state index contributed by atoms with van der Waals surface area (Å²) in [6.07, 6.45) is 3.02. The van der Waals surface area contributed by atoms with E-state index in [1.807, 2.05) is 30.3 Å². The minimum atomic E-state index is -0.518. The van der Waals surface area contributed by atoms with Crippen LogP contribution in [0.2, 0.25) is 5.02 Å². The fraction of sp³-hybridized carbons (Fsp3) is 0.0455. The number of aromatic nitrogens is 4. The van der Waals surface area contributed by atoms with Crippen LogP contribution in [-0.2, 0) is 4.79 Å². The Hall–Kier alpha value is -4.24. The van der Waals surface area contributed by atoms with Crippen LogP contribution in [0.15, 0.2) is 71.3 Å². The van der Waals surface area contributed by atoms with Gasteiger partial charge in [0.15, 0.2) is 5.82 Å². The molecule has 32 heavy (non-hydrogen) atoms. The number of amides is 2. The molecule has 9 nitrogen and oxygen atoms in total. The lowest BCUT2D eigenvalue weighted by Gasteiger charge is -2.12. The second-order valence-electron chi connectivity index (χ2n) is 6.55. The Morgan fingerprint density at radius 3 is 2.62 bits per heavy atom. The molecule has 0 spiro atoms. The van der Waals surface area contributed by atoms with Gasteiger partial charge in [-0.1, -0.05) is 41.9 Å². The Bertz CT molecular complexity index is 1280. The predicted molar refractivity (Wildman–Crippen MR) is 120 cm³/mol. The monoisotopic (exact) mass is 448 g/mol. The largest absolute Gasteiger partial charge is 0.465 e. The molecule has 0 unspecified atom stereocenters. The molecular weight excluding hydrogens is 432 g/mol. The van der Waals surface area contributed by atoms with Crippen LogP contribution in [0.1, 0.15) is 16.1 Å². The van der Waals surface area contributed by atoms with Crippen molar-refractivity contribution in [2.45, 2.75) is 0 Å². The molecule has 2 aromatic heterocycles. The third-order valence-electron chi connectivity index (χ3n) is 4.48. The van der Waals surface area contributed by atoms with Crippen molar-refractivity contribution in [3.63, 3.8) is 0 Å². The van der Waals surface area contributed by atoms with E-state index in [9.17, 15) is 9.59 Å². The number of hydrogen-bond acceptors (Lipinski definition) is 6. The topological polar surface area (TPSA) is 115 Å². The van der Waals surface area contributed by atoms with Gasteiger partial charge < -0.3 is 15.1 Å². The molecule has 0 atom stereocenters. The molecule has 0 saturated heterocycles. The Morgan fingerprint density at radius 1 is 1.09 bits per heavy atom. The first kappa shape index (κ1) is 21.0. The van der Waals surface area contributed by atoms with Crippen molar-refractivity contribution in [3.8, 4) is 11.4 Å². The van der Waals surface area contributed by atoms with Crippen molar-refractivity contribution in [2.75, 3.05) is 12.4 Å². The number of furan rings is 1. The maximum absolute atomic E-state index is 13.3. The van der Waals surface area contributed by atoms with Gasteiger partial charge in [-0.05, 0) is 40.8 Å². The van der Waals surface area contributed by atoms with E-state index in [1.165, 1.54) is 36.2 Å². The molecular formula is C22H17ClN6O3. The molecule has 160 valence electrons. The second-order valence-corrected chi connectivity index (χ2v) is 6.96. The normalized spacial score (nSPS) is 11.2. The molecule has 10 heteroatoms. The van der Waals surface area contributed by atoms with Gasteiger partial charge in [-0.2, -0.15) is 4.68 Å². The molecule has 0 radical (unpaired) electrons. The van der Waals surface area contributed by atoms with Crippen molar-refractivity contribution in [1.82, 2.24) is 25.5 Å². The zero-order valence-corrected chi connectivity index (χ0v) is 17.6. The van der Waals surface area contributed by atoms with Crippen LogP contribution >= 0.6 is 11.6 Å². The summed E-state index contributed by atoms with van der Waals surface area (Å²) in [6, 6.07) is 17.2. The lowest BCUT2D eigenvalue weighted by molar-refractivity contribution is -0.111. The van der Waals surface area contributed by atoms with E-state index in [0.29, 0.717) is 17.3 Å². The maximum Gasteiger partial charge on any atom is 0.274 e. The highest BCUT2D eigenvalue weighted by Gasteiger charge is 2.21. The summed E-state index contributed by atoms with van der Waals surface area (Å²) in [6.45, 7) is 0. The summed E-state index contributed by atoms with van der Waals surface area (Å²) in [5.74, 6) is -0.0760. The molecule has 0 saturated carbocycles. The Balaban J connectivity index is 1.73. The first-order chi connectivity index (χ1) is 15.6. The third kappa shape index (κ3) is 4.42. The number of nitrogens with one attached hydrogen (secondary N) is 2. The zero-order valence-electron chi connectivity index (χ0n) is 16.8. The number of anilines is 1. The highest BCUT2D eigenvalue weighted by Crippen LogP contribution is 2.24. The molecule has 2 aromatic carbocycles. The van der Waals surface area contributed by atoms with E-state index in [0.717, 1.165) is 5.56 Å². The van der Waals surface area contributed by atoms with Crippen LogP contribution in [-0.4, -0.2) is 39.1 Å². The molecule has 0 fully saturated rings. The maximum atomic E-state index is 13.3. The number of carbonyl (C=O) groups excluding carboxylic acids is 2. The van der Waals surface area contributed by atoms with Gasteiger partial charge in [-0.15, -0.1) is 5.10 Å². The molecule has 2 heterocycles. The van der Waals surface area contributed by atoms with Gasteiger partial charge >= 0.3 is 0 Å². The molecule has 0 bridgehead atoms. The van der Waals surface area contributed by atoms with E-state index in [-0.39, 0.29) is 22.2 Å². The van der Waals surface area contributed by atoms with Crippen molar-refractivity contribution < 1.29 is 14.0 Å². The molecule has 0 aliphatic carbocycles. The van der Waals surface area contributed by atoms with E-state index < -0.39 is 5.91 Å². The predicted octanol–water partition coefficient (Wildman–Crippen LogP) is 3.58. The van der Waals surface area contributed by atoms with E-state index in [4.69, 9.17) is 16.0 Å². The summed E-state index contributed by atoms with van der Waals surface area (Å²) >= 11 is 6.11. The van der Waals surface area contributed by atoms with E-state index >= 15 is 0 Å². The van der Waals surface area contributed by atoms with Crippen LogP contribution in [0.4, 0.5) is 5.69 Å². The first-order valence-electron chi connectivity index (χ1n) is 9.49. The molecule has 2 amide bonds. The highest BCUT2D eigenvalue weighted by molar-refractivity contribution is 6.34. The van der Waals surface area contributed by atoms with Crippen molar-refractivity contribution in [3.05, 3.63) is 83.3 Å². The summed E-state index contributed by atoms with van der Waals surface area (Å²) in [5.41, 5.74) is 1.44. The minimum Gasteiger partial charge on any atom is -0.465 e. The summed E-state index contributed by atoms with van der Waals surface area (Å²) < 4.78 is 6.70. The quantitative estimate of drug-likeness (QED) is 0.435. The number of nitrogens with zero attached hydrogens (tertiary/aromatic N) is 4. The highest BCUT2D eigenvalue weighted by atomic mass is 35.5. The number of tetrazole rings is 1. The number of benzene rings is 2. The number of hydrogen-bond donors (Lipinski definition) is 2. The summed E-state index contributed by atoms with van der Waals surface area (Å²) in [7, 11) is 1.50. The lowest BCUT2D eigenvalue weighted by Crippen LogP contribution is -2.21. The Labute approximate surface area is 187 Å². The van der Waals surface area contributed by atoms with Crippen LogP contribution in [0.3, 0.4) is 0 Å². The van der Waals surface area contributed by atoms with Crippen LogP contribution in [0.5, 0.6) is 0 Å². The zero-order chi connectivity index (χ0) is 22.5. The molecule has 0 aliphatic rings. The van der Waals surface area contributed by atoms with Gasteiger partial charge in [-0.3, -0.25) is 9.59 Å². The third-order valence-corrected chi connectivity index (χ3v) is 4.81. The number of rotatable bonds is 6. The van der Waals surface area contributed by atoms with Crippen LogP contribution < -0.4 is 10.6 Å². The average Bonchev–Trinajstić information content (AvgIpc) is 3.51. The van der Waals surface area contributed by atoms with Gasteiger partial charge in [0.25, 0.3) is 11.8 Å². The molecule has 4 rings (SSSR count). The summed E-state index contributed by atoms with van der Waals surface area (Å²) in [4.78, 5) is 25.3. The number of halogens is 1. The fourth-order valence-electron chi connectivity index (χ4n) is 2.95. The van der Waals surface area contributed by atoms with Crippen molar-refractivity contribution >= 4 is 40.9 Å². The minimum absolute atomic E-state index is 0.111. The van der Waals surface area contributed by atoms with Gasteiger partial charge in [0.1, 0.15) is 11.5 Å². The van der Waals surface area contributed by atoms with Crippen molar-refractivity contribution in [1.29, 1.82) is 0 Å². The SMILES string of the molecule is CNC(=O)c1cc(NC(=O)/C(=C/c2ccco2)n2nnnc2-c2ccccc2)ccc1Cl. The van der Waals surface area contributed by atoms with Crippen molar-refractivity contribution in [2.24, 2.45) is 0 Å². The summed E-state index contributed by atoms with van der Waals surface area (Å²) in [5, 5.41) is 17.4. The van der Waals surface area contributed by atoms with Crippen LogP contribution in [0.25, 0.3) is 23.2 Å². The molecule has 2 N–H and O–H groups in total.